The summed E-state index contributed by atoms with van der Waals surface area (Å²) in [5.74, 6) is 0.0988. The number of hydrogen-bond acceptors (Lipinski definition) is 6. The molecule has 8 nitrogen and oxygen atoms in total. The number of esters is 1. The summed E-state index contributed by atoms with van der Waals surface area (Å²) in [5.41, 5.74) is 1.67. The number of nitrogens with one attached hydrogen (secondary N) is 1. The van der Waals surface area contributed by atoms with Crippen LogP contribution in [0.1, 0.15) is 32.2 Å². The number of amides is 1. The Labute approximate surface area is 205 Å². The van der Waals surface area contributed by atoms with Gasteiger partial charge in [0.05, 0.1) is 36.1 Å². The fourth-order valence-corrected chi connectivity index (χ4v) is 3.52. The van der Waals surface area contributed by atoms with Crippen LogP contribution < -0.4 is 10.1 Å². The molecule has 0 saturated heterocycles. The summed E-state index contributed by atoms with van der Waals surface area (Å²) in [5, 5.41) is 7.66. The third-order valence-corrected chi connectivity index (χ3v) is 5.62. The van der Waals surface area contributed by atoms with E-state index in [-0.39, 0.29) is 12.4 Å². The van der Waals surface area contributed by atoms with Gasteiger partial charge in [-0.2, -0.15) is 5.10 Å². The molecule has 0 unspecified atom stereocenters. The maximum atomic E-state index is 12.6. The fourth-order valence-electron chi connectivity index (χ4n) is 3.17. The summed E-state index contributed by atoms with van der Waals surface area (Å²) in [4.78, 5) is 24.5. The summed E-state index contributed by atoms with van der Waals surface area (Å²) in [6.07, 6.45) is 3.16. The number of nitrogens with zero attached hydrogens (tertiary/aromatic N) is 2. The quantitative estimate of drug-likeness (QED) is 0.324. The second kappa shape index (κ2) is 10.5. The molecule has 10 heteroatoms. The number of halogens is 2. The minimum Gasteiger partial charge on any atom is -0.484 e. The van der Waals surface area contributed by atoms with Gasteiger partial charge in [0.25, 0.3) is 5.91 Å². The highest BCUT2D eigenvalue weighted by Gasteiger charge is 2.15. The van der Waals surface area contributed by atoms with Crippen molar-refractivity contribution >= 4 is 40.8 Å². The SMILES string of the molecule is COC(=O)c1ccccc1Cn1cc(NC(=O)c2ccc(COc3cccc(Cl)c3Cl)o2)cn1. The predicted octanol–water partition coefficient (Wildman–Crippen LogP) is 5.45. The second-order valence-electron chi connectivity index (χ2n) is 7.14. The van der Waals surface area contributed by atoms with Crippen LogP contribution >= 0.6 is 23.2 Å². The van der Waals surface area contributed by atoms with Crippen LogP contribution in [0.15, 0.2) is 71.4 Å². The third kappa shape index (κ3) is 5.41. The highest BCUT2D eigenvalue weighted by atomic mass is 35.5. The lowest BCUT2D eigenvalue weighted by atomic mass is 10.1. The van der Waals surface area contributed by atoms with Crippen molar-refractivity contribution in [3.8, 4) is 5.75 Å². The summed E-state index contributed by atoms with van der Waals surface area (Å²) >= 11 is 12.1. The van der Waals surface area contributed by atoms with E-state index < -0.39 is 11.9 Å². The fraction of sp³-hybridized carbons (Fsp3) is 0.125. The molecule has 2 aromatic carbocycles. The smallest absolute Gasteiger partial charge is 0.338 e. The van der Waals surface area contributed by atoms with Gasteiger partial charge in [0.2, 0.25) is 0 Å². The van der Waals surface area contributed by atoms with Crippen LogP contribution in [-0.4, -0.2) is 28.8 Å². The van der Waals surface area contributed by atoms with Gasteiger partial charge in [-0.3, -0.25) is 9.48 Å². The van der Waals surface area contributed by atoms with Crippen molar-refractivity contribution < 1.29 is 23.5 Å². The Morgan fingerprint density at radius 2 is 1.91 bits per heavy atom. The molecule has 0 atom stereocenters. The van der Waals surface area contributed by atoms with E-state index in [1.807, 2.05) is 12.1 Å². The van der Waals surface area contributed by atoms with E-state index in [0.717, 1.165) is 5.56 Å². The average Bonchev–Trinajstić information content (AvgIpc) is 3.49. The Morgan fingerprint density at radius 1 is 1.09 bits per heavy atom. The first-order valence-electron chi connectivity index (χ1n) is 10.1. The molecule has 0 spiro atoms. The van der Waals surface area contributed by atoms with Gasteiger partial charge < -0.3 is 19.2 Å². The van der Waals surface area contributed by atoms with Gasteiger partial charge in [0, 0.05) is 6.20 Å². The maximum absolute atomic E-state index is 12.6. The number of furan rings is 1. The van der Waals surface area contributed by atoms with Gasteiger partial charge in [-0.15, -0.1) is 0 Å². The summed E-state index contributed by atoms with van der Waals surface area (Å²) in [7, 11) is 1.33. The number of ether oxygens (including phenoxy) is 2. The van der Waals surface area contributed by atoms with E-state index in [2.05, 4.69) is 10.4 Å². The lowest BCUT2D eigenvalue weighted by molar-refractivity contribution is 0.0599. The normalized spacial score (nSPS) is 10.7. The van der Waals surface area contributed by atoms with Crippen molar-refractivity contribution in [2.45, 2.75) is 13.2 Å². The van der Waals surface area contributed by atoms with Crippen molar-refractivity contribution in [2.75, 3.05) is 12.4 Å². The second-order valence-corrected chi connectivity index (χ2v) is 7.92. The molecule has 34 heavy (non-hydrogen) atoms. The molecular weight excluding hydrogens is 481 g/mol. The first kappa shape index (κ1) is 23.4. The zero-order valence-corrected chi connectivity index (χ0v) is 19.5. The highest BCUT2D eigenvalue weighted by molar-refractivity contribution is 6.42. The highest BCUT2D eigenvalue weighted by Crippen LogP contribution is 2.32. The van der Waals surface area contributed by atoms with E-state index in [1.165, 1.54) is 13.3 Å². The van der Waals surface area contributed by atoms with Gasteiger partial charge in [-0.25, -0.2) is 4.79 Å². The Kier molecular flexibility index (Phi) is 7.20. The molecule has 0 saturated carbocycles. The molecule has 0 aliphatic heterocycles. The monoisotopic (exact) mass is 499 g/mol. The number of benzene rings is 2. The third-order valence-electron chi connectivity index (χ3n) is 4.82. The van der Waals surface area contributed by atoms with Crippen LogP contribution in [-0.2, 0) is 17.9 Å². The molecule has 0 aliphatic carbocycles. The molecule has 0 aliphatic rings. The number of carbonyl (C=O) groups excluding carboxylic acids is 2. The van der Waals surface area contributed by atoms with Crippen LogP contribution in [0.5, 0.6) is 5.75 Å². The number of aromatic nitrogens is 2. The van der Waals surface area contributed by atoms with Crippen LogP contribution in [0.4, 0.5) is 5.69 Å². The molecular formula is C24H19Cl2N3O5. The molecule has 4 aromatic rings. The van der Waals surface area contributed by atoms with Crippen molar-refractivity contribution in [1.82, 2.24) is 9.78 Å². The maximum Gasteiger partial charge on any atom is 0.338 e. The number of rotatable bonds is 8. The van der Waals surface area contributed by atoms with Crippen LogP contribution in [0.25, 0.3) is 0 Å². The Balaban J connectivity index is 1.37. The van der Waals surface area contributed by atoms with Gasteiger partial charge in [0.15, 0.2) is 5.76 Å². The van der Waals surface area contributed by atoms with Crippen molar-refractivity contribution in [3.63, 3.8) is 0 Å². The molecule has 0 bridgehead atoms. The molecule has 174 valence electrons. The Hall–Kier alpha value is -3.75. The lowest BCUT2D eigenvalue weighted by Crippen LogP contribution is -2.11. The van der Waals surface area contributed by atoms with Crippen LogP contribution in [0.2, 0.25) is 10.0 Å². The van der Waals surface area contributed by atoms with Crippen molar-refractivity contribution in [1.29, 1.82) is 0 Å². The average molecular weight is 500 g/mol. The molecule has 2 aromatic heterocycles. The van der Waals surface area contributed by atoms with Gasteiger partial charge in [0.1, 0.15) is 23.1 Å². The number of anilines is 1. The van der Waals surface area contributed by atoms with Crippen LogP contribution in [0, 0.1) is 0 Å². The zero-order valence-electron chi connectivity index (χ0n) is 18.0. The van der Waals surface area contributed by atoms with E-state index >= 15 is 0 Å². The lowest BCUT2D eigenvalue weighted by Gasteiger charge is -2.07. The molecule has 2 heterocycles. The molecule has 1 amide bonds. The minimum atomic E-state index is -0.443. The molecule has 0 radical (unpaired) electrons. The van der Waals surface area contributed by atoms with Crippen molar-refractivity contribution in [3.05, 3.63) is 99.7 Å². The first-order valence-corrected chi connectivity index (χ1v) is 10.9. The largest absolute Gasteiger partial charge is 0.484 e. The van der Waals surface area contributed by atoms with E-state index in [4.69, 9.17) is 37.1 Å². The summed E-state index contributed by atoms with van der Waals surface area (Å²) in [6.45, 7) is 0.403. The van der Waals surface area contributed by atoms with E-state index in [9.17, 15) is 9.59 Å². The first-order chi connectivity index (χ1) is 16.4. The number of methoxy groups -OCH3 is 1. The Morgan fingerprint density at radius 3 is 2.74 bits per heavy atom. The van der Waals surface area contributed by atoms with Gasteiger partial charge in [-0.1, -0.05) is 47.5 Å². The summed E-state index contributed by atoms with van der Waals surface area (Å²) in [6, 6.07) is 15.3. The Bertz CT molecular complexity index is 1330. The zero-order chi connectivity index (χ0) is 24.1. The van der Waals surface area contributed by atoms with E-state index in [0.29, 0.717) is 39.4 Å². The van der Waals surface area contributed by atoms with Gasteiger partial charge >= 0.3 is 5.97 Å². The standard InChI is InChI=1S/C24H19Cl2N3O5/c1-32-24(31)18-6-3-2-5-15(18)12-29-13-16(11-27-29)28-23(30)21-10-9-17(34-21)14-33-20-8-4-7-19(25)22(20)26/h2-11,13H,12,14H2,1H3,(H,28,30). The van der Waals surface area contributed by atoms with Gasteiger partial charge in [-0.05, 0) is 35.9 Å². The predicted molar refractivity (Wildman–Crippen MR) is 127 cm³/mol. The minimum absolute atomic E-state index is 0.0743. The number of hydrogen-bond donors (Lipinski definition) is 1. The molecule has 1 N–H and O–H groups in total. The molecule has 4 rings (SSSR count). The summed E-state index contributed by atoms with van der Waals surface area (Å²) < 4.78 is 17.6. The van der Waals surface area contributed by atoms with Crippen molar-refractivity contribution in [2.24, 2.45) is 0 Å². The number of carbonyl (C=O) groups is 2. The molecule has 0 fully saturated rings. The van der Waals surface area contributed by atoms with E-state index in [1.54, 1.807) is 53.3 Å². The topological polar surface area (TPSA) is 95.6 Å². The van der Waals surface area contributed by atoms with Crippen LogP contribution in [0.3, 0.4) is 0 Å².